The number of hydrogen-bond donors (Lipinski definition) is 2. The highest BCUT2D eigenvalue weighted by Crippen LogP contribution is 2.31. The van der Waals surface area contributed by atoms with E-state index >= 15 is 0 Å². The second kappa shape index (κ2) is 10.3. The van der Waals surface area contributed by atoms with Gasteiger partial charge in [-0.05, 0) is 30.5 Å². The third kappa shape index (κ3) is 5.06. The number of ether oxygens (including phenoxy) is 1. The fraction of sp³-hybridized carbons (Fsp3) is 0.389. The highest BCUT2D eigenvalue weighted by molar-refractivity contribution is 5.93. The molecule has 0 radical (unpaired) electrons. The maximum Gasteiger partial charge on any atom is 0.254 e. The van der Waals surface area contributed by atoms with E-state index < -0.39 is 0 Å². The fourth-order valence-electron chi connectivity index (χ4n) is 3.05. The van der Waals surface area contributed by atoms with E-state index in [1.807, 2.05) is 18.2 Å². The first-order valence-electron chi connectivity index (χ1n) is 8.15. The zero-order valence-corrected chi connectivity index (χ0v) is 16.3. The van der Waals surface area contributed by atoms with Crippen LogP contribution in [0.1, 0.15) is 22.5 Å². The number of nitrogens with two attached hydrogens (primary N) is 1. The summed E-state index contributed by atoms with van der Waals surface area (Å²) in [6.07, 6.45) is 2.49. The Morgan fingerprint density at radius 1 is 1.38 bits per heavy atom. The Hall–Kier alpha value is -1.89. The average molecular weight is 402 g/mol. The summed E-state index contributed by atoms with van der Waals surface area (Å²) < 4.78 is 10.6. The molecule has 8 heteroatoms. The van der Waals surface area contributed by atoms with Crippen molar-refractivity contribution >= 4 is 36.4 Å². The molecule has 144 valence electrons. The minimum Gasteiger partial charge on any atom is -0.495 e. The molecular weight excluding hydrogens is 377 g/mol. The highest BCUT2D eigenvalue weighted by atomic mass is 35.5. The molecule has 3 N–H and O–H groups in total. The van der Waals surface area contributed by atoms with Crippen LogP contribution >= 0.6 is 24.8 Å². The molecule has 1 unspecified atom stereocenters. The fourth-order valence-corrected chi connectivity index (χ4v) is 3.05. The first-order chi connectivity index (χ1) is 11.7. The number of carbonyl (C=O) groups is 1. The number of benzene rings is 1. The van der Waals surface area contributed by atoms with Crippen molar-refractivity contribution in [2.75, 3.05) is 31.6 Å². The van der Waals surface area contributed by atoms with E-state index in [4.69, 9.17) is 14.9 Å². The molecule has 26 heavy (non-hydrogen) atoms. The van der Waals surface area contributed by atoms with E-state index in [9.17, 15) is 4.79 Å². The number of rotatable bonds is 6. The van der Waals surface area contributed by atoms with E-state index in [0.29, 0.717) is 30.3 Å². The summed E-state index contributed by atoms with van der Waals surface area (Å²) in [4.78, 5) is 14.4. The minimum atomic E-state index is -0.116. The number of halogens is 2. The maximum atomic E-state index is 12.1. The molecule has 3 rings (SSSR count). The van der Waals surface area contributed by atoms with Crippen LogP contribution in [-0.4, -0.2) is 32.7 Å². The van der Waals surface area contributed by atoms with Gasteiger partial charge in [0.1, 0.15) is 17.8 Å². The largest absolute Gasteiger partial charge is 0.495 e. The van der Waals surface area contributed by atoms with Gasteiger partial charge < -0.3 is 25.1 Å². The highest BCUT2D eigenvalue weighted by Gasteiger charge is 2.25. The molecule has 0 aliphatic carbocycles. The molecule has 1 aromatic heterocycles. The lowest BCUT2D eigenvalue weighted by atomic mass is 10.1. The molecular formula is C18H25Cl2N3O3. The SMILES string of the molecule is COc1ccccc1N1CCC(CNC(=O)c2coc(CN)c2)C1.Cl.Cl. The van der Waals surface area contributed by atoms with Gasteiger partial charge in [0.15, 0.2) is 0 Å². The quantitative estimate of drug-likeness (QED) is 0.777. The lowest BCUT2D eigenvalue weighted by molar-refractivity contribution is 0.0947. The van der Waals surface area contributed by atoms with Gasteiger partial charge in [0, 0.05) is 19.6 Å². The summed E-state index contributed by atoms with van der Waals surface area (Å²) >= 11 is 0. The van der Waals surface area contributed by atoms with Crippen molar-refractivity contribution in [1.82, 2.24) is 5.32 Å². The molecule has 0 saturated carbocycles. The molecule has 2 heterocycles. The Bertz CT molecular complexity index is 708. The van der Waals surface area contributed by atoms with Crippen LogP contribution in [0.2, 0.25) is 0 Å². The van der Waals surface area contributed by atoms with E-state index in [0.717, 1.165) is 30.9 Å². The lowest BCUT2D eigenvalue weighted by Crippen LogP contribution is -2.30. The van der Waals surface area contributed by atoms with Crippen molar-refractivity contribution < 1.29 is 13.9 Å². The number of methoxy groups -OCH3 is 1. The Balaban J connectivity index is 0.00000169. The molecule has 1 amide bonds. The molecule has 1 fully saturated rings. The molecule has 1 atom stereocenters. The van der Waals surface area contributed by atoms with Crippen LogP contribution in [0.15, 0.2) is 41.0 Å². The number of anilines is 1. The molecule has 0 spiro atoms. The first kappa shape index (κ1) is 22.2. The van der Waals surface area contributed by atoms with Crippen molar-refractivity contribution in [2.45, 2.75) is 13.0 Å². The monoisotopic (exact) mass is 401 g/mol. The number of nitrogens with one attached hydrogen (secondary N) is 1. The van der Waals surface area contributed by atoms with Gasteiger partial charge in [0.2, 0.25) is 0 Å². The molecule has 1 saturated heterocycles. The van der Waals surface area contributed by atoms with Crippen LogP contribution in [0.3, 0.4) is 0 Å². The van der Waals surface area contributed by atoms with Crippen molar-refractivity contribution in [1.29, 1.82) is 0 Å². The number of hydrogen-bond acceptors (Lipinski definition) is 5. The van der Waals surface area contributed by atoms with Crippen molar-refractivity contribution in [3.8, 4) is 5.75 Å². The van der Waals surface area contributed by atoms with Gasteiger partial charge in [-0.2, -0.15) is 0 Å². The van der Waals surface area contributed by atoms with E-state index in [-0.39, 0.29) is 30.7 Å². The Morgan fingerprint density at radius 2 is 2.15 bits per heavy atom. The van der Waals surface area contributed by atoms with Crippen LogP contribution in [0.5, 0.6) is 5.75 Å². The Kier molecular flexibility index (Phi) is 8.78. The van der Waals surface area contributed by atoms with Gasteiger partial charge in [0.25, 0.3) is 5.91 Å². The van der Waals surface area contributed by atoms with Crippen molar-refractivity contribution in [3.63, 3.8) is 0 Å². The molecule has 1 aliphatic rings. The number of carbonyl (C=O) groups excluding carboxylic acids is 1. The van der Waals surface area contributed by atoms with Gasteiger partial charge in [-0.15, -0.1) is 24.8 Å². The Morgan fingerprint density at radius 3 is 2.85 bits per heavy atom. The van der Waals surface area contributed by atoms with Gasteiger partial charge in [0.05, 0.1) is 24.9 Å². The topological polar surface area (TPSA) is 80.7 Å². The van der Waals surface area contributed by atoms with E-state index in [1.165, 1.54) is 6.26 Å². The summed E-state index contributed by atoms with van der Waals surface area (Å²) in [6.45, 7) is 2.81. The maximum absolute atomic E-state index is 12.1. The number of furan rings is 1. The normalized spacial score (nSPS) is 15.8. The summed E-state index contributed by atoms with van der Waals surface area (Å²) in [5.74, 6) is 1.80. The summed E-state index contributed by atoms with van der Waals surface area (Å²) in [6, 6.07) is 9.71. The van der Waals surface area contributed by atoms with E-state index in [2.05, 4.69) is 16.3 Å². The van der Waals surface area contributed by atoms with Crippen LogP contribution in [0.4, 0.5) is 5.69 Å². The number of nitrogens with zero attached hydrogens (tertiary/aromatic N) is 1. The summed E-state index contributed by atoms with van der Waals surface area (Å²) in [5, 5.41) is 2.98. The average Bonchev–Trinajstić information content (AvgIpc) is 3.29. The zero-order chi connectivity index (χ0) is 16.9. The second-order valence-electron chi connectivity index (χ2n) is 5.99. The number of amides is 1. The van der Waals surface area contributed by atoms with Gasteiger partial charge in [-0.25, -0.2) is 0 Å². The lowest BCUT2D eigenvalue weighted by Gasteiger charge is -2.21. The molecule has 6 nitrogen and oxygen atoms in total. The molecule has 2 aromatic rings. The van der Waals surface area contributed by atoms with Crippen molar-refractivity contribution in [2.24, 2.45) is 11.7 Å². The third-order valence-corrected chi connectivity index (χ3v) is 4.38. The first-order valence-corrected chi connectivity index (χ1v) is 8.15. The predicted molar refractivity (Wildman–Crippen MR) is 107 cm³/mol. The van der Waals surface area contributed by atoms with Crippen LogP contribution in [0, 0.1) is 5.92 Å². The molecule has 1 aromatic carbocycles. The van der Waals surface area contributed by atoms with Gasteiger partial charge in [-0.3, -0.25) is 4.79 Å². The smallest absolute Gasteiger partial charge is 0.254 e. The van der Waals surface area contributed by atoms with Gasteiger partial charge in [-0.1, -0.05) is 12.1 Å². The number of para-hydroxylation sites is 2. The van der Waals surface area contributed by atoms with Gasteiger partial charge >= 0.3 is 0 Å². The predicted octanol–water partition coefficient (Wildman–Crippen LogP) is 2.85. The van der Waals surface area contributed by atoms with Crippen LogP contribution in [-0.2, 0) is 6.54 Å². The van der Waals surface area contributed by atoms with Crippen LogP contribution < -0.4 is 20.7 Å². The third-order valence-electron chi connectivity index (χ3n) is 4.38. The zero-order valence-electron chi connectivity index (χ0n) is 14.6. The summed E-state index contributed by atoms with van der Waals surface area (Å²) in [7, 11) is 1.69. The second-order valence-corrected chi connectivity index (χ2v) is 5.99. The summed E-state index contributed by atoms with van der Waals surface area (Å²) in [5.41, 5.74) is 7.12. The van der Waals surface area contributed by atoms with Crippen LogP contribution in [0.25, 0.3) is 0 Å². The Labute approximate surface area is 165 Å². The van der Waals surface area contributed by atoms with E-state index in [1.54, 1.807) is 13.2 Å². The van der Waals surface area contributed by atoms with Crippen molar-refractivity contribution in [3.05, 3.63) is 47.9 Å². The molecule has 0 bridgehead atoms. The standard InChI is InChI=1S/C18H23N3O3.2ClH/c1-23-17-5-3-2-4-16(17)21-7-6-13(11-21)10-20-18(22)14-8-15(9-19)24-12-14;;/h2-5,8,12-13H,6-7,9-11,19H2,1H3,(H,20,22);2*1H. The molecule has 1 aliphatic heterocycles. The minimum absolute atomic E-state index is 0.